The van der Waals surface area contributed by atoms with Gasteiger partial charge in [-0.3, -0.25) is 0 Å². The Morgan fingerprint density at radius 1 is 1.24 bits per heavy atom. The number of anilines is 1. The van der Waals surface area contributed by atoms with Crippen molar-refractivity contribution in [2.24, 2.45) is 5.41 Å². The van der Waals surface area contributed by atoms with E-state index in [1.165, 1.54) is 5.69 Å². The summed E-state index contributed by atoms with van der Waals surface area (Å²) >= 11 is 5.93. The van der Waals surface area contributed by atoms with Crippen molar-refractivity contribution < 1.29 is 5.11 Å². The molecule has 0 amide bonds. The SMILES string of the molecule is CC(C)(C)C(O)CNC1CCN(c2ccc(Cl)cc2)CC1. The lowest BCUT2D eigenvalue weighted by atomic mass is 9.89. The van der Waals surface area contributed by atoms with Crippen LogP contribution in [0.15, 0.2) is 24.3 Å². The van der Waals surface area contributed by atoms with Crippen molar-refractivity contribution in [1.29, 1.82) is 0 Å². The van der Waals surface area contributed by atoms with E-state index in [1.807, 2.05) is 12.1 Å². The predicted octanol–water partition coefficient (Wildman–Crippen LogP) is 3.31. The minimum Gasteiger partial charge on any atom is -0.391 e. The lowest BCUT2D eigenvalue weighted by Crippen LogP contribution is -2.46. The predicted molar refractivity (Wildman–Crippen MR) is 90.2 cm³/mol. The average Bonchev–Trinajstić information content (AvgIpc) is 2.45. The van der Waals surface area contributed by atoms with Crippen molar-refractivity contribution in [3.05, 3.63) is 29.3 Å². The molecule has 1 aliphatic rings. The van der Waals surface area contributed by atoms with Gasteiger partial charge in [-0.15, -0.1) is 0 Å². The highest BCUT2D eigenvalue weighted by molar-refractivity contribution is 6.30. The summed E-state index contributed by atoms with van der Waals surface area (Å²) in [6.45, 7) is 8.98. The first kappa shape index (κ1) is 16.6. The van der Waals surface area contributed by atoms with E-state index >= 15 is 0 Å². The first-order valence-electron chi connectivity index (χ1n) is 7.78. The second kappa shape index (κ2) is 6.99. The molecular weight excluding hydrogens is 284 g/mol. The number of hydrogen-bond donors (Lipinski definition) is 2. The third-order valence-corrected chi connectivity index (χ3v) is 4.54. The summed E-state index contributed by atoms with van der Waals surface area (Å²) in [7, 11) is 0. The van der Waals surface area contributed by atoms with E-state index in [2.05, 4.69) is 43.1 Å². The van der Waals surface area contributed by atoms with Crippen LogP contribution in [-0.2, 0) is 0 Å². The van der Waals surface area contributed by atoms with Crippen LogP contribution in [0, 0.1) is 5.41 Å². The van der Waals surface area contributed by atoms with Crippen molar-refractivity contribution in [2.75, 3.05) is 24.5 Å². The maximum absolute atomic E-state index is 10.1. The molecule has 0 saturated carbocycles. The molecule has 4 heteroatoms. The van der Waals surface area contributed by atoms with Crippen LogP contribution in [0.25, 0.3) is 0 Å². The molecule has 21 heavy (non-hydrogen) atoms. The molecule has 1 fully saturated rings. The van der Waals surface area contributed by atoms with Crippen LogP contribution in [0.1, 0.15) is 33.6 Å². The van der Waals surface area contributed by atoms with Gasteiger partial charge in [0.25, 0.3) is 0 Å². The zero-order chi connectivity index (χ0) is 15.5. The first-order valence-corrected chi connectivity index (χ1v) is 8.16. The normalized spacial score (nSPS) is 18.8. The largest absolute Gasteiger partial charge is 0.391 e. The Balaban J connectivity index is 1.77. The van der Waals surface area contributed by atoms with Crippen molar-refractivity contribution in [2.45, 2.75) is 45.8 Å². The molecule has 0 aliphatic carbocycles. The van der Waals surface area contributed by atoms with Crippen LogP contribution in [0.3, 0.4) is 0 Å². The molecule has 0 bridgehead atoms. The van der Waals surface area contributed by atoms with E-state index in [4.69, 9.17) is 11.6 Å². The quantitative estimate of drug-likeness (QED) is 0.895. The molecular formula is C17H27ClN2O. The zero-order valence-corrected chi connectivity index (χ0v) is 14.0. The van der Waals surface area contributed by atoms with Crippen LogP contribution < -0.4 is 10.2 Å². The number of rotatable bonds is 4. The van der Waals surface area contributed by atoms with E-state index in [0.29, 0.717) is 12.6 Å². The Hall–Kier alpha value is -0.770. The highest BCUT2D eigenvalue weighted by atomic mass is 35.5. The molecule has 1 saturated heterocycles. The molecule has 0 spiro atoms. The second-order valence-electron chi connectivity index (χ2n) is 7.03. The molecule has 0 radical (unpaired) electrons. The van der Waals surface area contributed by atoms with Crippen LogP contribution >= 0.6 is 11.6 Å². The zero-order valence-electron chi connectivity index (χ0n) is 13.3. The Morgan fingerprint density at radius 2 is 1.81 bits per heavy atom. The lowest BCUT2D eigenvalue weighted by Gasteiger charge is -2.35. The van der Waals surface area contributed by atoms with Gasteiger partial charge in [0.2, 0.25) is 0 Å². The van der Waals surface area contributed by atoms with Crippen LogP contribution in [-0.4, -0.2) is 36.9 Å². The highest BCUT2D eigenvalue weighted by Crippen LogP contribution is 2.23. The Kier molecular flexibility index (Phi) is 5.53. The van der Waals surface area contributed by atoms with Gasteiger partial charge in [-0.25, -0.2) is 0 Å². The van der Waals surface area contributed by atoms with Gasteiger partial charge in [-0.2, -0.15) is 0 Å². The summed E-state index contributed by atoms with van der Waals surface area (Å²) in [5.74, 6) is 0. The molecule has 3 nitrogen and oxygen atoms in total. The fourth-order valence-electron chi connectivity index (χ4n) is 2.58. The molecule has 1 aliphatic heterocycles. The number of nitrogens with zero attached hydrogens (tertiary/aromatic N) is 1. The van der Waals surface area contributed by atoms with Gasteiger partial charge in [-0.05, 0) is 42.5 Å². The third-order valence-electron chi connectivity index (χ3n) is 4.29. The Bertz CT molecular complexity index is 433. The smallest absolute Gasteiger partial charge is 0.0712 e. The van der Waals surface area contributed by atoms with Gasteiger partial charge in [0.15, 0.2) is 0 Å². The molecule has 1 atom stereocenters. The summed E-state index contributed by atoms with van der Waals surface area (Å²) in [6, 6.07) is 8.56. The van der Waals surface area contributed by atoms with E-state index < -0.39 is 0 Å². The molecule has 1 unspecified atom stereocenters. The van der Waals surface area contributed by atoms with Crippen molar-refractivity contribution in [3.8, 4) is 0 Å². The minimum absolute atomic E-state index is 0.0585. The number of hydrogen-bond acceptors (Lipinski definition) is 3. The van der Waals surface area contributed by atoms with Crippen LogP contribution in [0.2, 0.25) is 5.02 Å². The van der Waals surface area contributed by atoms with Gasteiger partial charge in [0, 0.05) is 36.4 Å². The lowest BCUT2D eigenvalue weighted by molar-refractivity contribution is 0.0596. The number of nitrogens with one attached hydrogen (secondary N) is 1. The number of piperidine rings is 1. The molecule has 2 N–H and O–H groups in total. The van der Waals surface area contributed by atoms with Crippen LogP contribution in [0.4, 0.5) is 5.69 Å². The van der Waals surface area contributed by atoms with Gasteiger partial charge < -0.3 is 15.3 Å². The molecule has 118 valence electrons. The molecule has 2 rings (SSSR count). The monoisotopic (exact) mass is 310 g/mol. The van der Waals surface area contributed by atoms with E-state index in [1.54, 1.807) is 0 Å². The van der Waals surface area contributed by atoms with Gasteiger partial charge in [0.05, 0.1) is 6.10 Å². The van der Waals surface area contributed by atoms with Crippen molar-refractivity contribution in [1.82, 2.24) is 5.32 Å². The number of benzene rings is 1. The minimum atomic E-state index is -0.299. The Labute approximate surface area is 133 Å². The fourth-order valence-corrected chi connectivity index (χ4v) is 2.70. The summed E-state index contributed by atoms with van der Waals surface area (Å²) in [5, 5.41) is 14.4. The molecule has 0 aromatic heterocycles. The molecule has 1 aromatic rings. The van der Waals surface area contributed by atoms with Crippen molar-refractivity contribution >= 4 is 17.3 Å². The third kappa shape index (κ3) is 4.87. The number of aliphatic hydroxyl groups excluding tert-OH is 1. The fraction of sp³-hybridized carbons (Fsp3) is 0.647. The van der Waals surface area contributed by atoms with Gasteiger partial charge in [0.1, 0.15) is 0 Å². The summed E-state index contributed by atoms with van der Waals surface area (Å²) in [4.78, 5) is 2.40. The van der Waals surface area contributed by atoms with E-state index in [-0.39, 0.29) is 11.5 Å². The van der Waals surface area contributed by atoms with E-state index in [9.17, 15) is 5.11 Å². The maximum Gasteiger partial charge on any atom is 0.0712 e. The number of aliphatic hydroxyl groups is 1. The summed E-state index contributed by atoms with van der Waals surface area (Å²) < 4.78 is 0. The van der Waals surface area contributed by atoms with E-state index in [0.717, 1.165) is 31.0 Å². The topological polar surface area (TPSA) is 35.5 Å². The summed E-state index contributed by atoms with van der Waals surface area (Å²) in [5.41, 5.74) is 1.18. The first-order chi connectivity index (χ1) is 9.86. The molecule has 1 aromatic carbocycles. The maximum atomic E-state index is 10.1. The van der Waals surface area contributed by atoms with Gasteiger partial charge >= 0.3 is 0 Å². The molecule has 1 heterocycles. The number of halogens is 1. The standard InChI is InChI=1S/C17H27ClN2O/c1-17(2,3)16(21)12-19-14-8-10-20(11-9-14)15-6-4-13(18)5-7-15/h4-7,14,16,19,21H,8-12H2,1-3H3. The highest BCUT2D eigenvalue weighted by Gasteiger charge is 2.24. The average molecular weight is 311 g/mol. The van der Waals surface area contributed by atoms with Gasteiger partial charge in [-0.1, -0.05) is 32.4 Å². The summed E-state index contributed by atoms with van der Waals surface area (Å²) in [6.07, 6.45) is 1.92. The van der Waals surface area contributed by atoms with Crippen LogP contribution in [0.5, 0.6) is 0 Å². The Morgan fingerprint density at radius 3 is 2.33 bits per heavy atom. The van der Waals surface area contributed by atoms with Crippen molar-refractivity contribution in [3.63, 3.8) is 0 Å². The second-order valence-corrected chi connectivity index (χ2v) is 7.46.